The number of esters is 1. The predicted molar refractivity (Wildman–Crippen MR) is 78.1 cm³/mol. The second-order valence-electron chi connectivity index (χ2n) is 4.81. The van der Waals surface area contributed by atoms with Gasteiger partial charge < -0.3 is 15.1 Å². The van der Waals surface area contributed by atoms with Gasteiger partial charge in [-0.05, 0) is 19.8 Å². The van der Waals surface area contributed by atoms with Crippen LogP contribution >= 0.6 is 0 Å². The van der Waals surface area contributed by atoms with E-state index in [0.29, 0.717) is 32.5 Å². The van der Waals surface area contributed by atoms with Crippen LogP contribution in [0.15, 0.2) is 6.33 Å². The zero-order valence-electron chi connectivity index (χ0n) is 12.2. The maximum atomic E-state index is 11.7. The van der Waals surface area contributed by atoms with Gasteiger partial charge in [0, 0.05) is 13.1 Å². The van der Waals surface area contributed by atoms with Gasteiger partial charge in [0.1, 0.15) is 6.33 Å². The molecule has 2 heterocycles. The van der Waals surface area contributed by atoms with Gasteiger partial charge in [0.25, 0.3) is 0 Å². The number of nitro groups is 1. The largest absolute Gasteiger partial charge is 0.466 e. The van der Waals surface area contributed by atoms with Gasteiger partial charge in [-0.1, -0.05) is 0 Å². The molecule has 0 saturated carbocycles. The lowest BCUT2D eigenvalue weighted by Crippen LogP contribution is -2.38. The first kappa shape index (κ1) is 15.9. The van der Waals surface area contributed by atoms with E-state index in [4.69, 9.17) is 10.6 Å². The van der Waals surface area contributed by atoms with E-state index in [0.717, 1.165) is 0 Å². The number of hydrogen-bond donors (Lipinski definition) is 2. The summed E-state index contributed by atoms with van der Waals surface area (Å²) in [5.74, 6) is 5.03. The summed E-state index contributed by atoms with van der Waals surface area (Å²) in [4.78, 5) is 31.9. The number of carbonyl (C=O) groups excluding carboxylic acids is 1. The van der Waals surface area contributed by atoms with Gasteiger partial charge in [-0.15, -0.1) is 0 Å². The van der Waals surface area contributed by atoms with Crippen molar-refractivity contribution in [3.8, 4) is 0 Å². The summed E-state index contributed by atoms with van der Waals surface area (Å²) in [5.41, 5.74) is 1.94. The highest BCUT2D eigenvalue weighted by Crippen LogP contribution is 2.33. The molecule has 1 aromatic heterocycles. The Kier molecular flexibility index (Phi) is 5.04. The molecule has 0 amide bonds. The molecular formula is C12H18N6O4. The number of nitrogens with one attached hydrogen (secondary N) is 1. The van der Waals surface area contributed by atoms with Gasteiger partial charge >= 0.3 is 11.7 Å². The van der Waals surface area contributed by atoms with Crippen molar-refractivity contribution in [1.29, 1.82) is 0 Å². The van der Waals surface area contributed by atoms with Crippen molar-refractivity contribution in [2.45, 2.75) is 19.8 Å². The van der Waals surface area contributed by atoms with Gasteiger partial charge in [-0.25, -0.2) is 15.8 Å². The molecule has 0 atom stereocenters. The van der Waals surface area contributed by atoms with Crippen LogP contribution in [0.25, 0.3) is 0 Å². The summed E-state index contributed by atoms with van der Waals surface area (Å²) < 4.78 is 5.00. The Morgan fingerprint density at radius 1 is 1.55 bits per heavy atom. The molecule has 1 aromatic rings. The first-order chi connectivity index (χ1) is 10.6. The lowest BCUT2D eigenvalue weighted by molar-refractivity contribution is -0.383. The average molecular weight is 310 g/mol. The van der Waals surface area contributed by atoms with E-state index in [1.165, 1.54) is 6.33 Å². The third-order valence-corrected chi connectivity index (χ3v) is 3.54. The Bertz CT molecular complexity index is 559. The molecule has 10 heteroatoms. The highest BCUT2D eigenvalue weighted by Gasteiger charge is 2.31. The minimum atomic E-state index is -0.567. The molecule has 10 nitrogen and oxygen atoms in total. The van der Waals surface area contributed by atoms with Gasteiger partial charge in [-0.3, -0.25) is 14.9 Å². The Hall–Kier alpha value is -2.49. The van der Waals surface area contributed by atoms with Crippen LogP contribution in [0.4, 0.5) is 17.3 Å². The number of carbonyl (C=O) groups is 1. The fourth-order valence-electron chi connectivity index (χ4n) is 2.46. The molecule has 1 fully saturated rings. The average Bonchev–Trinajstić information content (AvgIpc) is 2.54. The van der Waals surface area contributed by atoms with Gasteiger partial charge in [-0.2, -0.15) is 0 Å². The first-order valence-electron chi connectivity index (χ1n) is 6.96. The highest BCUT2D eigenvalue weighted by molar-refractivity contribution is 5.74. The zero-order chi connectivity index (χ0) is 16.1. The van der Waals surface area contributed by atoms with Crippen LogP contribution in [0.5, 0.6) is 0 Å². The number of aromatic nitrogens is 2. The van der Waals surface area contributed by atoms with E-state index in [9.17, 15) is 14.9 Å². The Morgan fingerprint density at radius 2 is 2.23 bits per heavy atom. The molecule has 1 saturated heterocycles. The van der Waals surface area contributed by atoms with Gasteiger partial charge in [0.15, 0.2) is 0 Å². The third kappa shape index (κ3) is 3.22. The summed E-state index contributed by atoms with van der Waals surface area (Å²) >= 11 is 0. The molecule has 0 spiro atoms. The minimum absolute atomic E-state index is 0.0393. The maximum Gasteiger partial charge on any atom is 0.354 e. The number of hydrazine groups is 1. The SMILES string of the molecule is CCOC(=O)C1CCN(c2ncnc(NN)c2[N+](=O)[O-])CC1. The molecule has 1 aliphatic heterocycles. The van der Waals surface area contributed by atoms with Crippen molar-refractivity contribution < 1.29 is 14.5 Å². The fourth-order valence-corrected chi connectivity index (χ4v) is 2.46. The maximum absolute atomic E-state index is 11.7. The Labute approximate surface area is 126 Å². The normalized spacial score (nSPS) is 15.5. The van der Waals surface area contributed by atoms with Crippen molar-refractivity contribution in [3.05, 3.63) is 16.4 Å². The van der Waals surface area contributed by atoms with E-state index >= 15 is 0 Å². The van der Waals surface area contributed by atoms with Crippen molar-refractivity contribution in [3.63, 3.8) is 0 Å². The molecule has 0 aliphatic carbocycles. The van der Waals surface area contributed by atoms with Crippen LogP contribution in [0, 0.1) is 16.0 Å². The summed E-state index contributed by atoms with van der Waals surface area (Å²) in [5, 5.41) is 11.2. The molecule has 0 radical (unpaired) electrons. The number of rotatable bonds is 5. The van der Waals surface area contributed by atoms with Gasteiger partial charge in [0.2, 0.25) is 11.6 Å². The number of nitrogen functional groups attached to an aromatic ring is 1. The summed E-state index contributed by atoms with van der Waals surface area (Å²) in [6, 6.07) is 0. The second-order valence-corrected chi connectivity index (χ2v) is 4.81. The van der Waals surface area contributed by atoms with Crippen molar-refractivity contribution >= 4 is 23.3 Å². The molecule has 22 heavy (non-hydrogen) atoms. The van der Waals surface area contributed by atoms with Crippen molar-refractivity contribution in [2.75, 3.05) is 30.0 Å². The van der Waals surface area contributed by atoms with Crippen molar-refractivity contribution in [1.82, 2.24) is 9.97 Å². The number of nitrogens with zero attached hydrogens (tertiary/aromatic N) is 4. The van der Waals surface area contributed by atoms with Crippen LogP contribution in [0.1, 0.15) is 19.8 Å². The van der Waals surface area contributed by atoms with Crippen LogP contribution in [-0.2, 0) is 9.53 Å². The molecular weight excluding hydrogens is 292 g/mol. The zero-order valence-corrected chi connectivity index (χ0v) is 12.2. The van der Waals surface area contributed by atoms with Crippen LogP contribution in [-0.4, -0.2) is 40.6 Å². The van der Waals surface area contributed by atoms with Crippen LogP contribution in [0.2, 0.25) is 0 Å². The predicted octanol–water partition coefficient (Wildman–Crippen LogP) is 0.450. The highest BCUT2D eigenvalue weighted by atomic mass is 16.6. The van der Waals surface area contributed by atoms with Gasteiger partial charge in [0.05, 0.1) is 17.4 Å². The lowest BCUT2D eigenvalue weighted by Gasteiger charge is -2.31. The number of hydrogen-bond acceptors (Lipinski definition) is 9. The van der Waals surface area contributed by atoms with E-state index < -0.39 is 4.92 Å². The van der Waals surface area contributed by atoms with Crippen LogP contribution in [0.3, 0.4) is 0 Å². The van der Waals surface area contributed by atoms with E-state index in [1.807, 2.05) is 0 Å². The smallest absolute Gasteiger partial charge is 0.354 e. The quantitative estimate of drug-likeness (QED) is 0.343. The lowest BCUT2D eigenvalue weighted by atomic mass is 9.97. The second kappa shape index (κ2) is 6.98. The van der Waals surface area contributed by atoms with Crippen LogP contribution < -0.4 is 16.2 Å². The number of nitrogens with two attached hydrogens (primary N) is 1. The topological polar surface area (TPSA) is 137 Å². The summed E-state index contributed by atoms with van der Waals surface area (Å²) in [7, 11) is 0. The fraction of sp³-hybridized carbons (Fsp3) is 0.583. The monoisotopic (exact) mass is 310 g/mol. The molecule has 2 rings (SSSR count). The summed E-state index contributed by atoms with van der Waals surface area (Å²) in [6.45, 7) is 3.07. The number of ether oxygens (including phenoxy) is 1. The van der Waals surface area contributed by atoms with E-state index in [2.05, 4.69) is 15.4 Å². The van der Waals surface area contributed by atoms with E-state index in [-0.39, 0.29) is 29.2 Å². The van der Waals surface area contributed by atoms with E-state index in [1.54, 1.807) is 11.8 Å². The van der Waals surface area contributed by atoms with Crippen molar-refractivity contribution in [2.24, 2.45) is 11.8 Å². The molecule has 1 aliphatic rings. The first-order valence-corrected chi connectivity index (χ1v) is 6.96. The molecule has 0 bridgehead atoms. The molecule has 3 N–H and O–H groups in total. The molecule has 0 unspecified atom stereocenters. The molecule has 0 aromatic carbocycles. The standard InChI is InChI=1S/C12H18N6O4/c1-2-22-12(19)8-3-5-17(6-4-8)11-9(18(20)21)10(16-13)14-7-15-11/h7-8H,2-6,13H2,1H3,(H,14,15,16). The minimum Gasteiger partial charge on any atom is -0.466 e. The third-order valence-electron chi connectivity index (χ3n) is 3.54. The summed E-state index contributed by atoms with van der Waals surface area (Å²) in [6.07, 6.45) is 2.34. The Morgan fingerprint density at radius 3 is 2.77 bits per heavy atom. The molecule has 120 valence electrons. The Balaban J connectivity index is 2.15. The number of anilines is 2. The number of piperidine rings is 1.